The summed E-state index contributed by atoms with van der Waals surface area (Å²) in [4.78, 5) is 22.2. The first kappa shape index (κ1) is 20.4. The van der Waals surface area contributed by atoms with Crippen molar-refractivity contribution in [1.82, 2.24) is 0 Å². The number of benzene rings is 2. The molecule has 2 rings (SSSR count). The largest absolute Gasteiger partial charge is 0.462 e. The van der Waals surface area contributed by atoms with Gasteiger partial charge >= 0.3 is 11.7 Å². The minimum Gasteiger partial charge on any atom is -0.462 e. The first-order chi connectivity index (χ1) is 12.7. The van der Waals surface area contributed by atoms with Crippen molar-refractivity contribution in [2.45, 2.75) is 24.7 Å². The number of rotatable bonds is 8. The number of carbonyl (C=O) groups is 1. The molecule has 0 radical (unpaired) electrons. The Bertz CT molecular complexity index is 937. The second-order valence-electron chi connectivity index (χ2n) is 5.77. The third kappa shape index (κ3) is 5.52. The molecule has 0 unspecified atom stereocenters. The predicted molar refractivity (Wildman–Crippen MR) is 97.9 cm³/mol. The van der Waals surface area contributed by atoms with Crippen molar-refractivity contribution < 1.29 is 27.6 Å². The molecule has 144 valence electrons. The molecule has 27 heavy (non-hydrogen) atoms. The summed E-state index contributed by atoms with van der Waals surface area (Å²) in [6.07, 6.45) is 2.65. The van der Waals surface area contributed by atoms with Gasteiger partial charge in [0.1, 0.15) is 5.75 Å². The topological polar surface area (TPSA) is 113 Å². The van der Waals surface area contributed by atoms with Gasteiger partial charge in [0, 0.05) is 12.3 Å². The van der Waals surface area contributed by atoms with Gasteiger partial charge in [0.05, 0.1) is 22.0 Å². The number of ether oxygens (including phenoxy) is 2. The monoisotopic (exact) mass is 393 g/mol. The smallest absolute Gasteiger partial charge is 0.338 e. The van der Waals surface area contributed by atoms with Crippen LogP contribution in [0, 0.1) is 10.1 Å². The molecule has 2 aromatic carbocycles. The van der Waals surface area contributed by atoms with Crippen molar-refractivity contribution in [2.75, 3.05) is 12.9 Å². The van der Waals surface area contributed by atoms with Crippen LogP contribution in [0.2, 0.25) is 0 Å². The van der Waals surface area contributed by atoms with Crippen molar-refractivity contribution in [3.63, 3.8) is 0 Å². The van der Waals surface area contributed by atoms with Crippen molar-refractivity contribution in [1.29, 1.82) is 0 Å². The standard InChI is InChI=1S/C18H19NO7S/c1-3-4-11-25-18(20)13-5-7-14(8-6-13)26-17-10-9-15(27(2,23)24)12-16(17)19(21)22/h5-10,12H,3-4,11H2,1-2H3. The average Bonchev–Trinajstić information content (AvgIpc) is 2.61. The quantitative estimate of drug-likeness (QED) is 0.290. The van der Waals surface area contributed by atoms with Crippen LogP contribution in [0.4, 0.5) is 5.69 Å². The predicted octanol–water partition coefficient (Wildman–Crippen LogP) is 3.75. The third-order valence-corrected chi connectivity index (χ3v) is 4.71. The third-order valence-electron chi connectivity index (χ3n) is 3.60. The fourth-order valence-corrected chi connectivity index (χ4v) is 2.78. The van der Waals surface area contributed by atoms with E-state index < -0.39 is 26.4 Å². The van der Waals surface area contributed by atoms with Gasteiger partial charge in [-0.3, -0.25) is 10.1 Å². The number of esters is 1. The van der Waals surface area contributed by atoms with Gasteiger partial charge in [0.2, 0.25) is 5.75 Å². The molecule has 9 heteroatoms. The van der Waals surface area contributed by atoms with Gasteiger partial charge in [-0.1, -0.05) is 13.3 Å². The van der Waals surface area contributed by atoms with Gasteiger partial charge in [-0.2, -0.15) is 0 Å². The highest BCUT2D eigenvalue weighted by atomic mass is 32.2. The first-order valence-corrected chi connectivity index (χ1v) is 10.0. The zero-order valence-corrected chi connectivity index (χ0v) is 15.7. The van der Waals surface area contributed by atoms with Crippen molar-refractivity contribution in [3.05, 3.63) is 58.1 Å². The molecule has 0 amide bonds. The summed E-state index contributed by atoms with van der Waals surface area (Å²) in [5.74, 6) is -0.306. The second-order valence-corrected chi connectivity index (χ2v) is 7.79. The maximum Gasteiger partial charge on any atom is 0.338 e. The molecule has 0 fully saturated rings. The van der Waals surface area contributed by atoms with E-state index in [1.165, 1.54) is 36.4 Å². The van der Waals surface area contributed by atoms with E-state index in [9.17, 15) is 23.3 Å². The number of carbonyl (C=O) groups excluding carboxylic acids is 1. The summed E-state index contributed by atoms with van der Waals surface area (Å²) < 4.78 is 33.7. The van der Waals surface area contributed by atoms with Gasteiger partial charge in [-0.15, -0.1) is 0 Å². The molecule has 0 aliphatic carbocycles. The van der Waals surface area contributed by atoms with Crippen LogP contribution in [0.25, 0.3) is 0 Å². The van der Waals surface area contributed by atoms with E-state index in [0.29, 0.717) is 12.2 Å². The van der Waals surface area contributed by atoms with Crippen LogP contribution in [0.3, 0.4) is 0 Å². The lowest BCUT2D eigenvalue weighted by Gasteiger charge is -2.08. The summed E-state index contributed by atoms with van der Waals surface area (Å²) in [6, 6.07) is 9.33. The average molecular weight is 393 g/mol. The van der Waals surface area contributed by atoms with E-state index in [2.05, 4.69) is 0 Å². The number of nitro groups is 1. The lowest BCUT2D eigenvalue weighted by Crippen LogP contribution is -2.06. The Morgan fingerprint density at radius 3 is 2.37 bits per heavy atom. The molecule has 0 aromatic heterocycles. The Morgan fingerprint density at radius 2 is 1.81 bits per heavy atom. The van der Waals surface area contributed by atoms with E-state index >= 15 is 0 Å². The Kier molecular flexibility index (Phi) is 6.51. The molecule has 0 aliphatic heterocycles. The fourth-order valence-electron chi connectivity index (χ4n) is 2.14. The molecular weight excluding hydrogens is 374 g/mol. The maximum absolute atomic E-state index is 11.9. The normalized spacial score (nSPS) is 11.0. The highest BCUT2D eigenvalue weighted by Crippen LogP contribution is 2.33. The Balaban J connectivity index is 2.19. The summed E-state index contributed by atoms with van der Waals surface area (Å²) in [6.45, 7) is 2.33. The summed E-state index contributed by atoms with van der Waals surface area (Å²) >= 11 is 0. The van der Waals surface area contributed by atoms with Crippen LogP contribution in [0.15, 0.2) is 47.4 Å². The van der Waals surface area contributed by atoms with Crippen LogP contribution in [-0.2, 0) is 14.6 Å². The molecule has 0 spiro atoms. The lowest BCUT2D eigenvalue weighted by atomic mass is 10.2. The van der Waals surface area contributed by atoms with Crippen LogP contribution >= 0.6 is 0 Å². The van der Waals surface area contributed by atoms with Crippen molar-refractivity contribution >= 4 is 21.5 Å². The Labute approximate surface area is 156 Å². The van der Waals surface area contributed by atoms with E-state index in [1.807, 2.05) is 6.92 Å². The molecule has 0 heterocycles. The van der Waals surface area contributed by atoms with Crippen LogP contribution in [0.1, 0.15) is 30.1 Å². The van der Waals surface area contributed by atoms with Crippen molar-refractivity contribution in [2.24, 2.45) is 0 Å². The van der Waals surface area contributed by atoms with Gasteiger partial charge in [0.15, 0.2) is 9.84 Å². The van der Waals surface area contributed by atoms with E-state index in [-0.39, 0.29) is 16.4 Å². The van der Waals surface area contributed by atoms with Crippen molar-refractivity contribution in [3.8, 4) is 11.5 Å². The van der Waals surface area contributed by atoms with Crippen LogP contribution in [0.5, 0.6) is 11.5 Å². The minimum atomic E-state index is -3.58. The highest BCUT2D eigenvalue weighted by Gasteiger charge is 2.20. The minimum absolute atomic E-state index is 0.106. The maximum atomic E-state index is 11.9. The summed E-state index contributed by atoms with van der Waals surface area (Å²) in [5, 5.41) is 11.2. The van der Waals surface area contributed by atoms with Gasteiger partial charge in [-0.25, -0.2) is 13.2 Å². The second kappa shape index (κ2) is 8.63. The number of nitro benzene ring substituents is 1. The molecule has 0 N–H and O–H groups in total. The number of hydrogen-bond acceptors (Lipinski definition) is 7. The number of hydrogen-bond donors (Lipinski definition) is 0. The van der Waals surface area contributed by atoms with Gasteiger partial charge in [0.25, 0.3) is 0 Å². The number of unbranched alkanes of at least 4 members (excludes halogenated alkanes) is 1. The fraction of sp³-hybridized carbons (Fsp3) is 0.278. The molecule has 0 bridgehead atoms. The molecule has 0 saturated heterocycles. The first-order valence-electron chi connectivity index (χ1n) is 8.16. The van der Waals surface area contributed by atoms with Crippen LogP contribution in [-0.4, -0.2) is 32.2 Å². The molecule has 0 aliphatic rings. The summed E-state index contributed by atoms with van der Waals surface area (Å²) in [7, 11) is -3.58. The van der Waals surface area contributed by atoms with Gasteiger partial charge < -0.3 is 9.47 Å². The molecule has 2 aromatic rings. The number of nitrogens with zero attached hydrogens (tertiary/aromatic N) is 1. The number of sulfone groups is 1. The lowest BCUT2D eigenvalue weighted by molar-refractivity contribution is -0.385. The molecular formula is C18H19NO7S. The van der Waals surface area contributed by atoms with E-state index in [1.54, 1.807) is 0 Å². The SMILES string of the molecule is CCCCOC(=O)c1ccc(Oc2ccc(S(C)(=O)=O)cc2[N+](=O)[O-])cc1. The zero-order chi connectivity index (χ0) is 20.0. The summed E-state index contributed by atoms with van der Waals surface area (Å²) in [5.41, 5.74) is -0.138. The Morgan fingerprint density at radius 1 is 1.15 bits per heavy atom. The zero-order valence-electron chi connectivity index (χ0n) is 14.9. The molecule has 0 saturated carbocycles. The molecule has 0 atom stereocenters. The van der Waals surface area contributed by atoms with Gasteiger partial charge in [-0.05, 0) is 42.8 Å². The van der Waals surface area contributed by atoms with E-state index in [0.717, 1.165) is 25.2 Å². The van der Waals surface area contributed by atoms with Crippen LogP contribution < -0.4 is 4.74 Å². The highest BCUT2D eigenvalue weighted by molar-refractivity contribution is 7.90. The van der Waals surface area contributed by atoms with E-state index in [4.69, 9.17) is 9.47 Å². The molecule has 8 nitrogen and oxygen atoms in total. The Hall–Kier alpha value is -2.94.